The maximum atomic E-state index is 5.50. The van der Waals surface area contributed by atoms with E-state index in [0.29, 0.717) is 16.5 Å². The first-order valence-electron chi connectivity index (χ1n) is 5.27. The minimum Gasteiger partial charge on any atom is -0.468 e. The van der Waals surface area contributed by atoms with Crippen molar-refractivity contribution in [3.63, 3.8) is 0 Å². The topological polar surface area (TPSA) is 25.2 Å². The maximum absolute atomic E-state index is 5.50. The lowest BCUT2D eigenvalue weighted by atomic mass is 10.1. The van der Waals surface area contributed by atoms with E-state index in [1.54, 1.807) is 6.26 Å². The van der Waals surface area contributed by atoms with E-state index in [2.05, 4.69) is 41.8 Å². The van der Waals surface area contributed by atoms with Gasteiger partial charge in [0, 0.05) is 22.0 Å². The van der Waals surface area contributed by atoms with E-state index in [0.717, 1.165) is 5.76 Å². The van der Waals surface area contributed by atoms with Crippen LogP contribution in [0.1, 0.15) is 18.7 Å². The molecular weight excluding hydrogens is 226 g/mol. The summed E-state index contributed by atoms with van der Waals surface area (Å²) in [5.74, 6) is 3.58. The van der Waals surface area contributed by atoms with Gasteiger partial charge in [0.1, 0.15) is 5.76 Å². The second kappa shape index (κ2) is 5.32. The Hall–Kier alpha value is -0.0600. The maximum Gasteiger partial charge on any atom is 0.121 e. The molecular formula is C11H17NOS2. The van der Waals surface area contributed by atoms with Crippen LogP contribution in [0.2, 0.25) is 0 Å². The molecule has 1 fully saturated rings. The molecule has 1 N–H and O–H groups in total. The highest BCUT2D eigenvalue weighted by Gasteiger charge is 2.31. The summed E-state index contributed by atoms with van der Waals surface area (Å²) in [6.07, 6.45) is 1.75. The Morgan fingerprint density at radius 3 is 2.87 bits per heavy atom. The van der Waals surface area contributed by atoms with Crippen molar-refractivity contribution in [1.29, 1.82) is 0 Å². The zero-order chi connectivity index (χ0) is 10.7. The number of hydrogen-bond donors (Lipinski definition) is 1. The van der Waals surface area contributed by atoms with Crippen molar-refractivity contribution in [2.45, 2.75) is 23.5 Å². The molecule has 0 amide bonds. The van der Waals surface area contributed by atoms with Gasteiger partial charge in [-0.05, 0) is 19.2 Å². The fourth-order valence-electron chi connectivity index (χ4n) is 1.95. The Morgan fingerprint density at radius 2 is 2.27 bits per heavy atom. The van der Waals surface area contributed by atoms with Gasteiger partial charge in [-0.25, -0.2) is 0 Å². The van der Waals surface area contributed by atoms with Gasteiger partial charge in [-0.15, -0.1) is 0 Å². The van der Waals surface area contributed by atoms with Crippen LogP contribution in [-0.4, -0.2) is 29.1 Å². The van der Waals surface area contributed by atoms with E-state index < -0.39 is 0 Å². The van der Waals surface area contributed by atoms with Crippen molar-refractivity contribution < 1.29 is 4.42 Å². The smallest absolute Gasteiger partial charge is 0.121 e. The Labute approximate surface area is 99.6 Å². The Bertz CT molecular complexity index is 289. The van der Waals surface area contributed by atoms with Crippen molar-refractivity contribution in [2.75, 3.05) is 18.6 Å². The van der Waals surface area contributed by atoms with Gasteiger partial charge in [0.05, 0.1) is 12.3 Å². The average molecular weight is 243 g/mol. The van der Waals surface area contributed by atoms with Crippen molar-refractivity contribution >= 4 is 23.5 Å². The third-order valence-electron chi connectivity index (χ3n) is 2.73. The van der Waals surface area contributed by atoms with Crippen molar-refractivity contribution in [3.8, 4) is 0 Å². The first kappa shape index (κ1) is 11.4. The van der Waals surface area contributed by atoms with E-state index in [4.69, 9.17) is 4.42 Å². The molecule has 2 heterocycles. The summed E-state index contributed by atoms with van der Waals surface area (Å²) < 4.78 is 5.50. The van der Waals surface area contributed by atoms with Gasteiger partial charge in [0.15, 0.2) is 0 Å². The van der Waals surface area contributed by atoms with Gasteiger partial charge in [-0.2, -0.15) is 23.5 Å². The van der Waals surface area contributed by atoms with Crippen LogP contribution in [0.3, 0.4) is 0 Å². The lowest BCUT2D eigenvalue weighted by Crippen LogP contribution is -2.35. The van der Waals surface area contributed by atoms with Gasteiger partial charge in [-0.1, -0.05) is 6.92 Å². The standard InChI is InChI=1S/C11H17NOS2/c1-8-11(15-7-6-14-8)10(12-2)9-4-3-5-13-9/h3-5,8,10-12H,6-7H2,1-2H3. The van der Waals surface area contributed by atoms with Crippen LogP contribution in [-0.2, 0) is 0 Å². The zero-order valence-corrected chi connectivity index (χ0v) is 10.7. The highest BCUT2D eigenvalue weighted by Crippen LogP contribution is 2.38. The minimum atomic E-state index is 0.341. The van der Waals surface area contributed by atoms with Crippen LogP contribution < -0.4 is 5.32 Å². The molecule has 1 aromatic heterocycles. The Morgan fingerprint density at radius 1 is 1.47 bits per heavy atom. The molecule has 3 atom stereocenters. The van der Waals surface area contributed by atoms with Gasteiger partial charge in [0.25, 0.3) is 0 Å². The summed E-state index contributed by atoms with van der Waals surface area (Å²) in [4.78, 5) is 0. The summed E-state index contributed by atoms with van der Waals surface area (Å²) in [5, 5.41) is 4.67. The molecule has 2 rings (SSSR count). The molecule has 0 aromatic carbocycles. The minimum absolute atomic E-state index is 0.341. The lowest BCUT2D eigenvalue weighted by Gasteiger charge is -2.33. The van der Waals surface area contributed by atoms with E-state index in [1.165, 1.54) is 11.5 Å². The van der Waals surface area contributed by atoms with Crippen LogP contribution in [0.4, 0.5) is 0 Å². The zero-order valence-electron chi connectivity index (χ0n) is 9.10. The molecule has 0 aliphatic carbocycles. The molecule has 0 bridgehead atoms. The fourth-order valence-corrected chi connectivity index (χ4v) is 4.92. The lowest BCUT2D eigenvalue weighted by molar-refractivity contribution is 0.420. The molecule has 3 unspecified atom stereocenters. The summed E-state index contributed by atoms with van der Waals surface area (Å²) in [6.45, 7) is 2.31. The third kappa shape index (κ3) is 2.55. The van der Waals surface area contributed by atoms with E-state index >= 15 is 0 Å². The first-order valence-corrected chi connectivity index (χ1v) is 7.36. The first-order chi connectivity index (χ1) is 7.33. The molecule has 4 heteroatoms. The summed E-state index contributed by atoms with van der Waals surface area (Å²) >= 11 is 4.12. The number of furan rings is 1. The Kier molecular flexibility index (Phi) is 4.05. The van der Waals surface area contributed by atoms with E-state index in [1.807, 2.05) is 13.1 Å². The highest BCUT2D eigenvalue weighted by molar-refractivity contribution is 8.07. The molecule has 2 nitrogen and oxygen atoms in total. The van der Waals surface area contributed by atoms with Crippen molar-refractivity contribution in [1.82, 2.24) is 5.32 Å². The van der Waals surface area contributed by atoms with Gasteiger partial charge in [-0.3, -0.25) is 0 Å². The highest BCUT2D eigenvalue weighted by atomic mass is 32.2. The molecule has 0 spiro atoms. The van der Waals surface area contributed by atoms with Crippen LogP contribution in [0.5, 0.6) is 0 Å². The Balaban J connectivity index is 2.11. The largest absolute Gasteiger partial charge is 0.468 e. The molecule has 15 heavy (non-hydrogen) atoms. The molecule has 1 saturated heterocycles. The van der Waals surface area contributed by atoms with Crippen molar-refractivity contribution in [2.24, 2.45) is 0 Å². The van der Waals surface area contributed by atoms with Gasteiger partial charge in [0.2, 0.25) is 0 Å². The third-order valence-corrected chi connectivity index (χ3v) is 5.92. The van der Waals surface area contributed by atoms with E-state index in [9.17, 15) is 0 Å². The molecule has 1 aliphatic rings. The summed E-state index contributed by atoms with van der Waals surface area (Å²) in [6, 6.07) is 4.37. The van der Waals surface area contributed by atoms with Gasteiger partial charge < -0.3 is 9.73 Å². The SMILES string of the molecule is CNC(c1ccco1)C1SCCSC1C. The monoisotopic (exact) mass is 243 g/mol. The second-order valence-electron chi connectivity index (χ2n) is 3.69. The summed E-state index contributed by atoms with van der Waals surface area (Å²) in [7, 11) is 2.01. The molecule has 0 saturated carbocycles. The van der Waals surface area contributed by atoms with Crippen LogP contribution >= 0.6 is 23.5 Å². The number of rotatable bonds is 3. The van der Waals surface area contributed by atoms with Crippen LogP contribution in [0, 0.1) is 0 Å². The van der Waals surface area contributed by atoms with Crippen LogP contribution in [0.15, 0.2) is 22.8 Å². The molecule has 84 valence electrons. The average Bonchev–Trinajstić information content (AvgIpc) is 2.75. The predicted molar refractivity (Wildman–Crippen MR) is 68.7 cm³/mol. The normalized spacial score (nSPS) is 28.9. The fraction of sp³-hybridized carbons (Fsp3) is 0.636. The second-order valence-corrected chi connectivity index (χ2v) is 6.46. The van der Waals surface area contributed by atoms with Crippen molar-refractivity contribution in [3.05, 3.63) is 24.2 Å². The molecule has 1 aliphatic heterocycles. The number of nitrogens with one attached hydrogen (secondary N) is 1. The van der Waals surface area contributed by atoms with Gasteiger partial charge >= 0.3 is 0 Å². The number of hydrogen-bond acceptors (Lipinski definition) is 4. The van der Waals surface area contributed by atoms with E-state index in [-0.39, 0.29) is 0 Å². The quantitative estimate of drug-likeness (QED) is 0.882. The number of thioether (sulfide) groups is 2. The molecule has 0 radical (unpaired) electrons. The van der Waals surface area contributed by atoms with Crippen LogP contribution in [0.25, 0.3) is 0 Å². The molecule has 1 aromatic rings. The predicted octanol–water partition coefficient (Wildman–Crippen LogP) is 2.78. The summed E-state index contributed by atoms with van der Waals surface area (Å²) in [5.41, 5.74) is 0.